The van der Waals surface area contributed by atoms with Crippen molar-refractivity contribution in [2.75, 3.05) is 12.0 Å². The number of fused-ring (bicyclic) bond motifs is 1. The number of aldehydes is 1. The van der Waals surface area contributed by atoms with Gasteiger partial charge in [-0.2, -0.15) is 0 Å². The van der Waals surface area contributed by atoms with Gasteiger partial charge in [0, 0.05) is 18.2 Å². The second-order valence-electron chi connectivity index (χ2n) is 6.77. The molecule has 1 aromatic rings. The third-order valence-corrected chi connectivity index (χ3v) is 4.14. The van der Waals surface area contributed by atoms with Gasteiger partial charge in [-0.1, -0.05) is 19.9 Å². The standard InChI is InChI=1S/C17H22N4O4/c1-10(2)9-20-15-11(4-3-7-22)8-18-21(15)17(25)13(16(20)24)14(23)19-12-5-6-12/h3-4,7,10,12,18-19,23H,5-6,8-9H2,1-2H3/b4-3+,14-13?. The molecule has 2 heterocycles. The Morgan fingerprint density at radius 1 is 1.36 bits per heavy atom. The lowest BCUT2D eigenvalue weighted by Crippen LogP contribution is -2.60. The van der Waals surface area contributed by atoms with Crippen molar-refractivity contribution in [1.82, 2.24) is 14.6 Å². The second kappa shape index (κ2) is 6.62. The largest absolute Gasteiger partial charge is 0.494 e. The fourth-order valence-electron chi connectivity index (χ4n) is 2.88. The highest BCUT2D eigenvalue weighted by Crippen LogP contribution is 2.19. The maximum atomic E-state index is 12.9. The zero-order valence-electron chi connectivity index (χ0n) is 14.3. The molecule has 0 amide bonds. The molecule has 0 unspecified atom stereocenters. The molecule has 3 N–H and O–H groups in total. The number of allylic oxidation sites excluding steroid dienone is 1. The van der Waals surface area contributed by atoms with Crippen LogP contribution in [0.2, 0.25) is 0 Å². The van der Waals surface area contributed by atoms with Crippen LogP contribution in [0.4, 0.5) is 0 Å². The molecule has 1 aromatic heterocycles. The number of aromatic nitrogens is 2. The highest BCUT2D eigenvalue weighted by atomic mass is 16.3. The van der Waals surface area contributed by atoms with Gasteiger partial charge in [0.05, 0.1) is 6.54 Å². The normalized spacial score (nSPS) is 17.6. The first-order chi connectivity index (χ1) is 11.9. The SMILES string of the molecule is CC(C)Cn1c(=O)c(=C(O)NC2CC2)c(=O)n2c1=C(/C=C/C=O)CN2. The van der Waals surface area contributed by atoms with Gasteiger partial charge >= 0.3 is 0 Å². The van der Waals surface area contributed by atoms with E-state index in [1.165, 1.54) is 15.3 Å². The second-order valence-corrected chi connectivity index (χ2v) is 6.77. The number of rotatable bonds is 6. The lowest BCUT2D eigenvalue weighted by Gasteiger charge is -2.13. The molecular formula is C17H22N4O4. The van der Waals surface area contributed by atoms with E-state index in [-0.39, 0.29) is 23.1 Å². The maximum Gasteiger partial charge on any atom is 0.289 e. The summed E-state index contributed by atoms with van der Waals surface area (Å²) in [7, 11) is 0. The van der Waals surface area contributed by atoms with Crippen molar-refractivity contribution < 1.29 is 9.90 Å². The summed E-state index contributed by atoms with van der Waals surface area (Å²) in [5.74, 6) is -0.216. The fraction of sp³-hybridized carbons (Fsp3) is 0.471. The van der Waals surface area contributed by atoms with Crippen molar-refractivity contribution in [3.63, 3.8) is 0 Å². The average molecular weight is 346 g/mol. The number of hydrogen-bond donors (Lipinski definition) is 3. The third kappa shape index (κ3) is 3.24. The first-order valence-electron chi connectivity index (χ1n) is 8.38. The number of nitrogens with one attached hydrogen (secondary N) is 2. The molecule has 1 aliphatic carbocycles. The van der Waals surface area contributed by atoms with Crippen molar-refractivity contribution in [1.29, 1.82) is 0 Å². The number of aliphatic hydroxyl groups is 1. The van der Waals surface area contributed by atoms with Gasteiger partial charge in [0.2, 0.25) is 5.88 Å². The van der Waals surface area contributed by atoms with E-state index in [4.69, 9.17) is 0 Å². The Bertz CT molecular complexity index is 964. The topological polar surface area (TPSA) is 105 Å². The van der Waals surface area contributed by atoms with Crippen molar-refractivity contribution in [3.8, 4) is 0 Å². The van der Waals surface area contributed by atoms with Crippen LogP contribution < -0.4 is 32.6 Å². The van der Waals surface area contributed by atoms with E-state index in [0.717, 1.165) is 12.8 Å². The zero-order valence-corrected chi connectivity index (χ0v) is 14.3. The lowest BCUT2D eigenvalue weighted by atomic mass is 10.2. The molecule has 0 spiro atoms. The minimum atomic E-state index is -0.597. The molecule has 134 valence electrons. The summed E-state index contributed by atoms with van der Waals surface area (Å²) in [6, 6.07) is 0.112. The Morgan fingerprint density at radius 2 is 2.08 bits per heavy atom. The number of carbonyl (C=O) groups is 1. The van der Waals surface area contributed by atoms with Crippen LogP contribution in [0.25, 0.3) is 11.5 Å². The monoisotopic (exact) mass is 346 g/mol. The molecule has 1 saturated carbocycles. The van der Waals surface area contributed by atoms with Crippen LogP contribution in [0.5, 0.6) is 0 Å². The molecule has 1 aliphatic heterocycles. The van der Waals surface area contributed by atoms with Gasteiger partial charge in [0.1, 0.15) is 11.8 Å². The van der Waals surface area contributed by atoms with Gasteiger partial charge in [-0.25, -0.2) is 4.68 Å². The summed E-state index contributed by atoms with van der Waals surface area (Å²) in [4.78, 5) is 36.3. The first kappa shape index (κ1) is 17.1. The van der Waals surface area contributed by atoms with E-state index < -0.39 is 11.1 Å². The summed E-state index contributed by atoms with van der Waals surface area (Å²) < 4.78 is 2.76. The third-order valence-electron chi connectivity index (χ3n) is 4.14. The minimum Gasteiger partial charge on any atom is -0.494 e. The Balaban J connectivity index is 2.36. The van der Waals surface area contributed by atoms with Crippen LogP contribution in [0.15, 0.2) is 21.7 Å². The molecule has 25 heavy (non-hydrogen) atoms. The molecule has 1 fully saturated rings. The fourth-order valence-corrected chi connectivity index (χ4v) is 2.88. The molecule has 2 aliphatic rings. The Morgan fingerprint density at radius 3 is 2.68 bits per heavy atom. The van der Waals surface area contributed by atoms with E-state index in [0.29, 0.717) is 30.4 Å². The van der Waals surface area contributed by atoms with Crippen molar-refractivity contribution >= 4 is 17.7 Å². The van der Waals surface area contributed by atoms with Crippen molar-refractivity contribution in [3.05, 3.63) is 43.6 Å². The summed E-state index contributed by atoms with van der Waals surface area (Å²) in [5, 5.41) is 12.8. The molecule has 0 radical (unpaired) electrons. The number of nitrogens with zero attached hydrogens (tertiary/aromatic N) is 2. The lowest BCUT2D eigenvalue weighted by molar-refractivity contribution is -0.104. The number of aliphatic hydroxyl groups excluding tert-OH is 1. The van der Waals surface area contributed by atoms with Gasteiger partial charge in [0.15, 0.2) is 5.22 Å². The molecule has 3 rings (SSSR count). The summed E-state index contributed by atoms with van der Waals surface area (Å²) in [5.41, 5.74) is 2.88. The van der Waals surface area contributed by atoms with E-state index >= 15 is 0 Å². The highest BCUT2D eigenvalue weighted by Gasteiger charge is 2.25. The van der Waals surface area contributed by atoms with E-state index in [1.54, 1.807) is 6.08 Å². The summed E-state index contributed by atoms with van der Waals surface area (Å²) in [6.07, 6.45) is 5.37. The maximum absolute atomic E-state index is 12.9. The van der Waals surface area contributed by atoms with E-state index in [1.807, 2.05) is 13.8 Å². The van der Waals surface area contributed by atoms with Crippen molar-refractivity contribution in [2.45, 2.75) is 39.3 Å². The quantitative estimate of drug-likeness (QED) is 0.428. The Labute approximate surface area is 143 Å². The van der Waals surface area contributed by atoms with Crippen LogP contribution in [-0.4, -0.2) is 33.2 Å². The van der Waals surface area contributed by atoms with Crippen LogP contribution >= 0.6 is 0 Å². The first-order valence-corrected chi connectivity index (χ1v) is 8.38. The van der Waals surface area contributed by atoms with Crippen LogP contribution in [-0.2, 0) is 11.3 Å². The molecular weight excluding hydrogens is 324 g/mol. The van der Waals surface area contributed by atoms with E-state index in [2.05, 4.69) is 10.7 Å². The molecule has 8 nitrogen and oxygen atoms in total. The molecule has 0 atom stereocenters. The molecule has 0 aromatic carbocycles. The number of hydrogen-bond acceptors (Lipinski definition) is 6. The highest BCUT2D eigenvalue weighted by molar-refractivity contribution is 5.72. The van der Waals surface area contributed by atoms with E-state index in [9.17, 15) is 19.5 Å². The van der Waals surface area contributed by atoms with Crippen LogP contribution in [0.1, 0.15) is 26.7 Å². The van der Waals surface area contributed by atoms with Gasteiger partial charge < -0.3 is 15.8 Å². The number of carbonyl (C=O) groups excluding carboxylic acids is 1. The van der Waals surface area contributed by atoms with Crippen molar-refractivity contribution in [2.24, 2.45) is 5.92 Å². The summed E-state index contributed by atoms with van der Waals surface area (Å²) in [6.45, 7) is 4.63. The predicted molar refractivity (Wildman–Crippen MR) is 94.1 cm³/mol. The smallest absolute Gasteiger partial charge is 0.289 e. The minimum absolute atomic E-state index is 0.112. The van der Waals surface area contributed by atoms with Gasteiger partial charge in [0.25, 0.3) is 11.1 Å². The molecule has 0 saturated heterocycles. The Hall–Kier alpha value is -2.77. The molecule has 0 bridgehead atoms. The van der Waals surface area contributed by atoms with Crippen LogP contribution in [0.3, 0.4) is 0 Å². The average Bonchev–Trinajstić information content (AvgIpc) is 3.25. The van der Waals surface area contributed by atoms with Gasteiger partial charge in [-0.15, -0.1) is 0 Å². The zero-order chi connectivity index (χ0) is 18.1. The predicted octanol–water partition coefficient (Wildman–Crippen LogP) is -1.50. The molecule has 8 heteroatoms. The van der Waals surface area contributed by atoms with Crippen LogP contribution in [0, 0.1) is 5.92 Å². The van der Waals surface area contributed by atoms with Gasteiger partial charge in [-0.3, -0.25) is 19.0 Å². The summed E-state index contributed by atoms with van der Waals surface area (Å²) >= 11 is 0. The van der Waals surface area contributed by atoms with Gasteiger partial charge in [-0.05, 0) is 24.8 Å². The Kier molecular flexibility index (Phi) is 4.52.